The molecule has 0 saturated carbocycles. The third-order valence-corrected chi connectivity index (χ3v) is 7.08. The Labute approximate surface area is 210 Å². The van der Waals surface area contributed by atoms with Gasteiger partial charge in [0.25, 0.3) is 5.91 Å². The Morgan fingerprint density at radius 3 is 2.58 bits per heavy atom. The minimum atomic E-state index is -3.81. The van der Waals surface area contributed by atoms with Gasteiger partial charge in [-0.05, 0) is 26.0 Å². The van der Waals surface area contributed by atoms with Crippen molar-refractivity contribution in [3.05, 3.63) is 42.2 Å². The van der Waals surface area contributed by atoms with Crippen molar-refractivity contribution in [1.82, 2.24) is 14.3 Å². The third-order valence-electron chi connectivity index (χ3n) is 5.09. The lowest BCUT2D eigenvalue weighted by atomic mass is 10.1. The summed E-state index contributed by atoms with van der Waals surface area (Å²) in [4.78, 5) is 26.9. The fraction of sp³-hybridized carbons (Fsp3) is 0.478. The second-order valence-electron chi connectivity index (χ2n) is 8.14. The van der Waals surface area contributed by atoms with Gasteiger partial charge in [-0.2, -0.15) is 4.31 Å². The first-order valence-electron chi connectivity index (χ1n) is 11.6. The molecule has 1 fully saturated rings. The van der Waals surface area contributed by atoms with Crippen LogP contribution in [0.2, 0.25) is 0 Å². The minimum absolute atomic E-state index is 0.0188. The SMILES string of the molecule is CCN(CCO)S(=O)(=O)c1ccc(C(=NO[C@@H]2CCOC2)C(=O)Nc2cnc(OC(C)C)cn2)cc1. The van der Waals surface area contributed by atoms with Crippen molar-refractivity contribution in [3.63, 3.8) is 0 Å². The van der Waals surface area contributed by atoms with Crippen LogP contribution in [0, 0.1) is 0 Å². The van der Waals surface area contributed by atoms with E-state index in [9.17, 15) is 18.3 Å². The van der Waals surface area contributed by atoms with Crippen molar-refractivity contribution in [2.45, 2.75) is 44.3 Å². The molecule has 0 unspecified atom stereocenters. The van der Waals surface area contributed by atoms with Gasteiger partial charge in [0.05, 0.1) is 43.2 Å². The highest BCUT2D eigenvalue weighted by Crippen LogP contribution is 2.18. The van der Waals surface area contributed by atoms with Gasteiger partial charge in [-0.25, -0.2) is 18.4 Å². The van der Waals surface area contributed by atoms with E-state index in [4.69, 9.17) is 14.3 Å². The van der Waals surface area contributed by atoms with Crippen LogP contribution in [0.25, 0.3) is 0 Å². The highest BCUT2D eigenvalue weighted by molar-refractivity contribution is 7.89. The molecule has 3 rings (SSSR count). The molecule has 1 aromatic carbocycles. The number of aliphatic hydroxyl groups excluding tert-OH is 1. The van der Waals surface area contributed by atoms with Crippen molar-refractivity contribution in [3.8, 4) is 5.88 Å². The van der Waals surface area contributed by atoms with Crippen LogP contribution >= 0.6 is 0 Å². The van der Waals surface area contributed by atoms with Crippen molar-refractivity contribution < 1.29 is 32.6 Å². The van der Waals surface area contributed by atoms with Gasteiger partial charge in [0.1, 0.15) is 0 Å². The molecule has 1 aliphatic heterocycles. The molecule has 1 atom stereocenters. The molecule has 1 aromatic heterocycles. The first-order valence-corrected chi connectivity index (χ1v) is 13.0. The van der Waals surface area contributed by atoms with E-state index in [1.807, 2.05) is 13.8 Å². The zero-order valence-electron chi connectivity index (χ0n) is 20.5. The number of carbonyl (C=O) groups is 1. The van der Waals surface area contributed by atoms with E-state index < -0.39 is 15.9 Å². The second kappa shape index (κ2) is 12.7. The number of amides is 1. The molecule has 0 bridgehead atoms. The molecule has 0 spiro atoms. The molecule has 0 radical (unpaired) electrons. The molecule has 1 aliphatic rings. The summed E-state index contributed by atoms with van der Waals surface area (Å²) in [7, 11) is -3.81. The number of benzene rings is 1. The summed E-state index contributed by atoms with van der Waals surface area (Å²) in [5.74, 6) is -0.123. The molecule has 36 heavy (non-hydrogen) atoms. The van der Waals surface area contributed by atoms with Gasteiger partial charge in [-0.15, -0.1) is 0 Å². The first kappa shape index (κ1) is 27.5. The van der Waals surface area contributed by atoms with E-state index in [1.54, 1.807) is 6.92 Å². The number of oxime groups is 1. The van der Waals surface area contributed by atoms with Crippen LogP contribution in [0.1, 0.15) is 32.8 Å². The Bertz CT molecular complexity index is 1130. The fourth-order valence-corrected chi connectivity index (χ4v) is 4.74. The predicted octanol–water partition coefficient (Wildman–Crippen LogP) is 1.42. The van der Waals surface area contributed by atoms with E-state index >= 15 is 0 Å². The maximum Gasteiger partial charge on any atom is 0.279 e. The first-order chi connectivity index (χ1) is 17.2. The molecule has 2 aromatic rings. The van der Waals surface area contributed by atoms with Gasteiger partial charge in [0.2, 0.25) is 15.9 Å². The zero-order valence-corrected chi connectivity index (χ0v) is 21.3. The Morgan fingerprint density at radius 2 is 2.03 bits per heavy atom. The minimum Gasteiger partial charge on any atom is -0.474 e. The number of nitrogens with zero attached hydrogens (tertiary/aromatic N) is 4. The van der Waals surface area contributed by atoms with Crippen LogP contribution in [-0.4, -0.2) is 84.5 Å². The number of carbonyl (C=O) groups excluding carboxylic acids is 1. The van der Waals surface area contributed by atoms with E-state index in [-0.39, 0.29) is 48.3 Å². The van der Waals surface area contributed by atoms with E-state index in [0.29, 0.717) is 31.1 Å². The largest absolute Gasteiger partial charge is 0.474 e. The zero-order chi connectivity index (χ0) is 26.1. The van der Waals surface area contributed by atoms with E-state index in [1.165, 1.54) is 36.7 Å². The van der Waals surface area contributed by atoms with Gasteiger partial charge >= 0.3 is 0 Å². The third kappa shape index (κ3) is 7.20. The number of hydrogen-bond acceptors (Lipinski definition) is 10. The molecular formula is C23H31N5O7S. The summed E-state index contributed by atoms with van der Waals surface area (Å²) < 4.78 is 37.6. The molecule has 1 amide bonds. The lowest BCUT2D eigenvalue weighted by Crippen LogP contribution is -2.33. The number of aliphatic hydroxyl groups is 1. The van der Waals surface area contributed by atoms with Crippen LogP contribution < -0.4 is 10.1 Å². The Hall–Kier alpha value is -3.13. The van der Waals surface area contributed by atoms with Gasteiger partial charge in [0.15, 0.2) is 17.6 Å². The molecule has 196 valence electrons. The predicted molar refractivity (Wildman–Crippen MR) is 131 cm³/mol. The highest BCUT2D eigenvalue weighted by Gasteiger charge is 2.24. The van der Waals surface area contributed by atoms with E-state index in [2.05, 4.69) is 20.4 Å². The maximum absolute atomic E-state index is 13.1. The van der Waals surface area contributed by atoms with Gasteiger partial charge in [-0.3, -0.25) is 4.79 Å². The fourth-order valence-electron chi connectivity index (χ4n) is 3.30. The number of likely N-dealkylation sites (N-methyl/N-ethyl adjacent to an activating group) is 1. The van der Waals surface area contributed by atoms with Crippen molar-refractivity contribution >= 4 is 27.5 Å². The summed E-state index contributed by atoms with van der Waals surface area (Å²) >= 11 is 0. The Kier molecular flexibility index (Phi) is 9.70. The molecule has 12 nitrogen and oxygen atoms in total. The quantitative estimate of drug-likeness (QED) is 0.312. The normalized spacial score (nSPS) is 16.4. The van der Waals surface area contributed by atoms with Crippen LogP contribution in [0.4, 0.5) is 5.82 Å². The topological polar surface area (TPSA) is 153 Å². The van der Waals surface area contributed by atoms with Gasteiger partial charge in [-0.1, -0.05) is 24.2 Å². The molecule has 0 aliphatic carbocycles. The van der Waals surface area contributed by atoms with Crippen molar-refractivity contribution in [2.24, 2.45) is 5.16 Å². The number of sulfonamides is 1. The van der Waals surface area contributed by atoms with Crippen LogP contribution in [0.3, 0.4) is 0 Å². The molecule has 2 N–H and O–H groups in total. The summed E-state index contributed by atoms with van der Waals surface area (Å²) in [5, 5.41) is 15.9. The number of ether oxygens (including phenoxy) is 2. The number of aromatic nitrogens is 2. The summed E-state index contributed by atoms with van der Waals surface area (Å²) in [5.41, 5.74) is 0.265. The van der Waals surface area contributed by atoms with Gasteiger partial charge < -0.3 is 24.7 Å². The number of nitrogens with one attached hydrogen (secondary N) is 1. The lowest BCUT2D eigenvalue weighted by Gasteiger charge is -2.19. The summed E-state index contributed by atoms with van der Waals surface area (Å²) in [6.07, 6.45) is 3.02. The standard InChI is InChI=1S/C23H31N5O7S/c1-4-28(10-11-29)36(31,32)19-7-5-17(6-8-19)22(27-35-18-9-12-33-15-18)23(30)26-20-13-25-21(14-24-20)34-16(2)3/h5-8,13-14,16,18,29H,4,9-12,15H2,1-3H3,(H,24,26,30)/t18-/m1/s1. The summed E-state index contributed by atoms with van der Waals surface area (Å²) in [6.45, 7) is 6.19. The van der Waals surface area contributed by atoms with Gasteiger partial charge in [0, 0.05) is 25.1 Å². The van der Waals surface area contributed by atoms with Crippen LogP contribution in [0.15, 0.2) is 46.7 Å². The van der Waals surface area contributed by atoms with E-state index in [0.717, 1.165) is 4.31 Å². The molecule has 13 heteroatoms. The molecule has 2 heterocycles. The Balaban J connectivity index is 1.84. The van der Waals surface area contributed by atoms with Crippen LogP contribution in [-0.2, 0) is 24.4 Å². The Morgan fingerprint density at radius 1 is 1.28 bits per heavy atom. The summed E-state index contributed by atoms with van der Waals surface area (Å²) in [6, 6.07) is 5.70. The number of anilines is 1. The second-order valence-corrected chi connectivity index (χ2v) is 10.1. The lowest BCUT2D eigenvalue weighted by molar-refractivity contribution is -0.110. The number of rotatable bonds is 12. The molecular weight excluding hydrogens is 490 g/mol. The molecule has 1 saturated heterocycles. The maximum atomic E-state index is 13.1. The number of hydrogen-bond donors (Lipinski definition) is 2. The smallest absolute Gasteiger partial charge is 0.279 e. The van der Waals surface area contributed by atoms with Crippen molar-refractivity contribution in [1.29, 1.82) is 0 Å². The average molecular weight is 522 g/mol. The van der Waals surface area contributed by atoms with Crippen molar-refractivity contribution in [2.75, 3.05) is 38.2 Å². The van der Waals surface area contributed by atoms with Crippen LogP contribution in [0.5, 0.6) is 5.88 Å². The average Bonchev–Trinajstić information content (AvgIpc) is 3.37. The monoisotopic (exact) mass is 521 g/mol. The highest BCUT2D eigenvalue weighted by atomic mass is 32.2.